The van der Waals surface area contributed by atoms with Crippen molar-refractivity contribution in [1.29, 1.82) is 0 Å². The van der Waals surface area contributed by atoms with Crippen LogP contribution < -0.4 is 4.74 Å². The van der Waals surface area contributed by atoms with E-state index in [1.807, 2.05) is 50.2 Å². The van der Waals surface area contributed by atoms with Crippen LogP contribution in [-0.2, 0) is 9.84 Å². The summed E-state index contributed by atoms with van der Waals surface area (Å²) in [7, 11) is -3.42. The summed E-state index contributed by atoms with van der Waals surface area (Å²) in [5.74, 6) is 0.709. The average molecular weight is 300 g/mol. The molecule has 3 nitrogen and oxygen atoms in total. The van der Waals surface area contributed by atoms with Gasteiger partial charge in [-0.15, -0.1) is 0 Å². The zero-order chi connectivity index (χ0) is 15.0. The first-order valence-corrected chi connectivity index (χ1v) is 8.21. The number of sulfone groups is 1. The van der Waals surface area contributed by atoms with E-state index < -0.39 is 9.84 Å². The molecule has 0 N–H and O–H groups in total. The van der Waals surface area contributed by atoms with Crippen molar-refractivity contribution in [3.05, 3.63) is 64.1 Å². The molecule has 0 aliphatic carbocycles. The molecule has 0 bridgehead atoms. The van der Waals surface area contributed by atoms with Gasteiger partial charge in [-0.3, -0.25) is 0 Å². The highest BCUT2D eigenvalue weighted by molar-refractivity contribution is 7.95. The molecular formula is C17H16O3S. The Hall–Kier alpha value is -2.07. The van der Waals surface area contributed by atoms with Crippen LogP contribution in [0, 0.1) is 13.8 Å². The summed E-state index contributed by atoms with van der Waals surface area (Å²) in [5.41, 5.74) is 2.66. The SMILES string of the molecule is Cc1ccc2c(c1)S(=O)(=O)C(COc1ccccc1C)=C2. The van der Waals surface area contributed by atoms with Crippen molar-refractivity contribution in [2.45, 2.75) is 18.7 Å². The Morgan fingerprint density at radius 2 is 1.81 bits per heavy atom. The largest absolute Gasteiger partial charge is 0.488 e. The molecule has 0 saturated carbocycles. The fraction of sp³-hybridized carbons (Fsp3) is 0.176. The molecule has 3 rings (SSSR count). The summed E-state index contributed by atoms with van der Waals surface area (Å²) in [6, 6.07) is 13.0. The smallest absolute Gasteiger partial charge is 0.206 e. The van der Waals surface area contributed by atoms with Gasteiger partial charge in [0, 0.05) is 0 Å². The molecule has 0 fully saturated rings. The molecule has 0 saturated heterocycles. The highest BCUT2D eigenvalue weighted by Gasteiger charge is 2.29. The van der Waals surface area contributed by atoms with Crippen LogP contribution in [-0.4, -0.2) is 15.0 Å². The van der Waals surface area contributed by atoms with E-state index in [9.17, 15) is 8.42 Å². The molecule has 1 aliphatic heterocycles. The van der Waals surface area contributed by atoms with Gasteiger partial charge in [-0.2, -0.15) is 0 Å². The first-order valence-electron chi connectivity index (χ1n) is 6.73. The third kappa shape index (κ3) is 2.47. The van der Waals surface area contributed by atoms with Crippen molar-refractivity contribution >= 4 is 15.9 Å². The minimum absolute atomic E-state index is 0.0565. The molecule has 0 amide bonds. The van der Waals surface area contributed by atoms with Crippen molar-refractivity contribution < 1.29 is 13.2 Å². The number of rotatable bonds is 3. The number of aryl methyl sites for hydroxylation is 2. The average Bonchev–Trinajstić information content (AvgIpc) is 2.69. The van der Waals surface area contributed by atoms with Gasteiger partial charge >= 0.3 is 0 Å². The Morgan fingerprint density at radius 3 is 2.57 bits per heavy atom. The molecule has 108 valence electrons. The van der Waals surface area contributed by atoms with E-state index >= 15 is 0 Å². The lowest BCUT2D eigenvalue weighted by atomic mass is 10.1. The topological polar surface area (TPSA) is 43.4 Å². The molecule has 0 aromatic heterocycles. The van der Waals surface area contributed by atoms with Crippen molar-refractivity contribution in [2.24, 2.45) is 0 Å². The van der Waals surface area contributed by atoms with Crippen LogP contribution in [0.1, 0.15) is 16.7 Å². The lowest BCUT2D eigenvalue weighted by molar-refractivity contribution is 0.356. The molecule has 4 heteroatoms. The summed E-state index contributed by atoms with van der Waals surface area (Å²) < 4.78 is 30.7. The second-order valence-electron chi connectivity index (χ2n) is 5.21. The van der Waals surface area contributed by atoms with Crippen LogP contribution in [0.25, 0.3) is 6.08 Å². The van der Waals surface area contributed by atoms with Gasteiger partial charge in [0.15, 0.2) is 0 Å². The summed E-state index contributed by atoms with van der Waals surface area (Å²) in [6.07, 6.45) is 1.70. The summed E-state index contributed by atoms with van der Waals surface area (Å²) in [5, 5.41) is 0. The predicted octanol–water partition coefficient (Wildman–Crippen LogP) is 3.51. The fourth-order valence-electron chi connectivity index (χ4n) is 2.37. The van der Waals surface area contributed by atoms with Crippen molar-refractivity contribution in [2.75, 3.05) is 6.61 Å². The maximum absolute atomic E-state index is 12.5. The number of fused-ring (bicyclic) bond motifs is 1. The quantitative estimate of drug-likeness (QED) is 0.871. The van der Waals surface area contributed by atoms with Gasteiger partial charge in [-0.25, -0.2) is 8.42 Å². The molecule has 2 aromatic rings. The molecule has 0 unspecified atom stereocenters. The normalized spacial score (nSPS) is 15.4. The van der Waals surface area contributed by atoms with Gasteiger partial charge in [-0.1, -0.05) is 30.3 Å². The number of benzene rings is 2. The fourth-order valence-corrected chi connectivity index (χ4v) is 3.93. The number of para-hydroxylation sites is 1. The number of ether oxygens (including phenoxy) is 1. The maximum atomic E-state index is 12.5. The molecule has 2 aromatic carbocycles. The van der Waals surface area contributed by atoms with E-state index in [-0.39, 0.29) is 6.61 Å². The van der Waals surface area contributed by atoms with Gasteiger partial charge < -0.3 is 4.74 Å². The van der Waals surface area contributed by atoms with Gasteiger partial charge in [0.25, 0.3) is 0 Å². The van der Waals surface area contributed by atoms with E-state index in [4.69, 9.17) is 4.74 Å². The van der Waals surface area contributed by atoms with Crippen LogP contribution in [0.15, 0.2) is 52.3 Å². The first-order chi connectivity index (χ1) is 9.98. The Kier molecular flexibility index (Phi) is 3.33. The van der Waals surface area contributed by atoms with Gasteiger partial charge in [0.1, 0.15) is 12.4 Å². The molecule has 1 heterocycles. The van der Waals surface area contributed by atoms with Crippen molar-refractivity contribution in [3.8, 4) is 5.75 Å². The Balaban J connectivity index is 1.87. The maximum Gasteiger partial charge on any atom is 0.206 e. The van der Waals surface area contributed by atoms with Crippen LogP contribution in [0.2, 0.25) is 0 Å². The standard InChI is InChI=1S/C17H16O3S/c1-12-7-8-14-10-15(21(18,19)17(14)9-12)11-20-16-6-4-3-5-13(16)2/h3-10H,11H2,1-2H3. The zero-order valence-corrected chi connectivity index (χ0v) is 12.8. The van der Waals surface area contributed by atoms with Crippen LogP contribution in [0.5, 0.6) is 5.75 Å². The molecular weight excluding hydrogens is 284 g/mol. The lowest BCUT2D eigenvalue weighted by Crippen LogP contribution is -2.09. The molecule has 1 aliphatic rings. The second kappa shape index (κ2) is 5.04. The minimum Gasteiger partial charge on any atom is -0.488 e. The summed E-state index contributed by atoms with van der Waals surface area (Å²) >= 11 is 0. The van der Waals surface area contributed by atoms with Crippen LogP contribution >= 0.6 is 0 Å². The summed E-state index contributed by atoms with van der Waals surface area (Å²) in [4.78, 5) is 0.692. The molecule has 0 spiro atoms. The van der Waals surface area contributed by atoms with Gasteiger partial charge in [0.2, 0.25) is 9.84 Å². The van der Waals surface area contributed by atoms with Crippen LogP contribution in [0.4, 0.5) is 0 Å². The Bertz CT molecular complexity index is 833. The Labute approximate surface area is 124 Å². The highest BCUT2D eigenvalue weighted by Crippen LogP contribution is 2.33. The van der Waals surface area contributed by atoms with E-state index in [2.05, 4.69) is 0 Å². The van der Waals surface area contributed by atoms with Crippen LogP contribution in [0.3, 0.4) is 0 Å². The number of hydrogen-bond donors (Lipinski definition) is 0. The van der Waals surface area contributed by atoms with E-state index in [1.54, 1.807) is 12.1 Å². The predicted molar refractivity (Wildman–Crippen MR) is 83.0 cm³/mol. The molecule has 0 atom stereocenters. The Morgan fingerprint density at radius 1 is 1.05 bits per heavy atom. The van der Waals surface area contributed by atoms with Gasteiger partial charge in [-0.05, 0) is 48.7 Å². The van der Waals surface area contributed by atoms with E-state index in [1.165, 1.54) is 0 Å². The monoisotopic (exact) mass is 300 g/mol. The second-order valence-corrected chi connectivity index (χ2v) is 7.18. The summed E-state index contributed by atoms with van der Waals surface area (Å²) in [6.45, 7) is 3.88. The lowest BCUT2D eigenvalue weighted by Gasteiger charge is -2.09. The third-order valence-corrected chi connectivity index (χ3v) is 5.44. The number of hydrogen-bond acceptors (Lipinski definition) is 3. The van der Waals surface area contributed by atoms with E-state index in [0.717, 1.165) is 16.7 Å². The first kappa shape index (κ1) is 13.9. The van der Waals surface area contributed by atoms with Gasteiger partial charge in [0.05, 0.1) is 9.80 Å². The minimum atomic E-state index is -3.42. The van der Waals surface area contributed by atoms with Crippen molar-refractivity contribution in [3.63, 3.8) is 0 Å². The molecule has 21 heavy (non-hydrogen) atoms. The molecule has 0 radical (unpaired) electrons. The third-order valence-electron chi connectivity index (χ3n) is 3.58. The zero-order valence-electron chi connectivity index (χ0n) is 12.0. The van der Waals surface area contributed by atoms with E-state index in [0.29, 0.717) is 15.6 Å². The van der Waals surface area contributed by atoms with Crippen molar-refractivity contribution in [1.82, 2.24) is 0 Å². The highest BCUT2D eigenvalue weighted by atomic mass is 32.2.